The number of aliphatic hydroxyl groups excluding tert-OH is 1. The molecule has 3 unspecified atom stereocenters. The first-order chi connectivity index (χ1) is 12.2. The van der Waals surface area contributed by atoms with E-state index in [1.165, 1.54) is 0 Å². The summed E-state index contributed by atoms with van der Waals surface area (Å²) in [5.74, 6) is -1.47. The van der Waals surface area contributed by atoms with E-state index in [4.69, 9.17) is 14.2 Å². The van der Waals surface area contributed by atoms with Crippen molar-refractivity contribution in [3.8, 4) is 0 Å². The van der Waals surface area contributed by atoms with E-state index in [0.717, 1.165) is 0 Å². The molecule has 2 saturated heterocycles. The number of hydrogen-bond acceptors (Lipinski definition) is 6. The number of carbonyl (C=O) groups excluding carboxylic acids is 2. The summed E-state index contributed by atoms with van der Waals surface area (Å²) in [6, 6.07) is 0. The van der Waals surface area contributed by atoms with Crippen LogP contribution in [0, 0.1) is 11.8 Å². The Morgan fingerprint density at radius 2 is 2.23 bits per heavy atom. The zero-order valence-corrected chi connectivity index (χ0v) is 15.9. The molecule has 144 valence electrons. The van der Waals surface area contributed by atoms with Gasteiger partial charge in [-0.2, -0.15) is 0 Å². The fourth-order valence-corrected chi connectivity index (χ4v) is 3.78. The minimum absolute atomic E-state index is 0.103. The van der Waals surface area contributed by atoms with Gasteiger partial charge in [0.25, 0.3) is 0 Å². The van der Waals surface area contributed by atoms with Crippen molar-refractivity contribution in [2.75, 3.05) is 0 Å². The van der Waals surface area contributed by atoms with Crippen molar-refractivity contribution in [2.45, 2.75) is 77.0 Å². The molecular weight excluding hydrogens is 336 g/mol. The van der Waals surface area contributed by atoms with Gasteiger partial charge in [0.05, 0.1) is 29.6 Å². The molecule has 2 aliphatic heterocycles. The van der Waals surface area contributed by atoms with Gasteiger partial charge in [0, 0.05) is 18.4 Å². The van der Waals surface area contributed by atoms with E-state index in [-0.39, 0.29) is 18.0 Å². The molecule has 0 amide bonds. The van der Waals surface area contributed by atoms with Gasteiger partial charge in [-0.05, 0) is 31.9 Å². The molecule has 2 fully saturated rings. The number of ether oxygens (including phenoxy) is 3. The van der Waals surface area contributed by atoms with Crippen LogP contribution in [0.3, 0.4) is 0 Å². The summed E-state index contributed by atoms with van der Waals surface area (Å²) in [6.07, 6.45) is 1.42. The van der Waals surface area contributed by atoms with Crippen LogP contribution in [0.1, 0.15) is 47.0 Å². The summed E-state index contributed by atoms with van der Waals surface area (Å²) in [7, 11) is 0. The minimum Gasteiger partial charge on any atom is -0.461 e. The summed E-state index contributed by atoms with van der Waals surface area (Å²) >= 11 is 0. The third-order valence-electron chi connectivity index (χ3n) is 5.98. The van der Waals surface area contributed by atoms with Crippen LogP contribution in [0.4, 0.5) is 0 Å². The van der Waals surface area contributed by atoms with E-state index in [1.807, 2.05) is 20.8 Å². The number of fused-ring (bicyclic) bond motifs is 2. The fraction of sp³-hybridized carbons (Fsp3) is 0.700. The first kappa shape index (κ1) is 19.1. The Kier molecular flexibility index (Phi) is 5.01. The quantitative estimate of drug-likeness (QED) is 0.358. The zero-order chi connectivity index (χ0) is 19.2. The molecule has 0 aromatic rings. The Labute approximate surface area is 154 Å². The highest BCUT2D eigenvalue weighted by atomic mass is 16.6. The topological polar surface area (TPSA) is 85.4 Å². The minimum atomic E-state index is -0.658. The summed E-state index contributed by atoms with van der Waals surface area (Å²) < 4.78 is 17.1. The average molecular weight is 364 g/mol. The maximum atomic E-state index is 12.4. The van der Waals surface area contributed by atoms with Crippen molar-refractivity contribution >= 4 is 11.9 Å². The molecule has 0 spiro atoms. The van der Waals surface area contributed by atoms with Gasteiger partial charge in [-0.3, -0.25) is 4.79 Å². The number of hydrogen-bond donors (Lipinski definition) is 1. The second-order valence-electron chi connectivity index (χ2n) is 7.99. The smallest absolute Gasteiger partial charge is 0.334 e. The van der Waals surface area contributed by atoms with Gasteiger partial charge < -0.3 is 19.3 Å². The van der Waals surface area contributed by atoms with Crippen molar-refractivity contribution in [1.82, 2.24) is 0 Å². The lowest BCUT2D eigenvalue weighted by atomic mass is 9.82. The lowest BCUT2D eigenvalue weighted by Gasteiger charge is -2.29. The van der Waals surface area contributed by atoms with Crippen molar-refractivity contribution in [1.29, 1.82) is 0 Å². The van der Waals surface area contributed by atoms with Crippen LogP contribution >= 0.6 is 0 Å². The maximum Gasteiger partial charge on any atom is 0.334 e. The lowest BCUT2D eigenvalue weighted by Crippen LogP contribution is -2.38. The second kappa shape index (κ2) is 6.82. The van der Waals surface area contributed by atoms with Crippen LogP contribution in [0.15, 0.2) is 23.8 Å². The number of epoxide rings is 1. The van der Waals surface area contributed by atoms with Gasteiger partial charge in [0.15, 0.2) is 0 Å². The fourth-order valence-electron chi connectivity index (χ4n) is 3.78. The van der Waals surface area contributed by atoms with E-state index >= 15 is 0 Å². The molecule has 0 aromatic heterocycles. The molecule has 7 atom stereocenters. The molecule has 3 rings (SSSR count). The third kappa shape index (κ3) is 3.45. The summed E-state index contributed by atoms with van der Waals surface area (Å²) in [4.78, 5) is 24.6. The van der Waals surface area contributed by atoms with Crippen LogP contribution in [0.25, 0.3) is 0 Å². The molecule has 6 nitrogen and oxygen atoms in total. The highest BCUT2D eigenvalue weighted by Gasteiger charge is 2.57. The van der Waals surface area contributed by atoms with Crippen molar-refractivity contribution in [3.05, 3.63) is 23.8 Å². The standard InChI is InChI=1S/C20H28O6/c1-6-10(2)18(22)25-15-9-20(5)16(26-20)8-13(21)11(3)7-14-17(15)12(4)19(23)24-14/h7,10,13-17,21H,4,6,8-9H2,1-3,5H3/b11-7-/t10?,13?,14-,15?,16-,17+,20-/m1/s1. The third-order valence-corrected chi connectivity index (χ3v) is 5.98. The van der Waals surface area contributed by atoms with E-state index < -0.39 is 35.8 Å². The molecule has 1 aliphatic carbocycles. The van der Waals surface area contributed by atoms with Crippen LogP contribution in [-0.2, 0) is 23.8 Å². The Bertz CT molecular complexity index is 653. The highest BCUT2D eigenvalue weighted by molar-refractivity contribution is 5.91. The lowest BCUT2D eigenvalue weighted by molar-refractivity contribution is -0.157. The molecule has 2 heterocycles. The average Bonchev–Trinajstić information content (AvgIpc) is 3.11. The van der Waals surface area contributed by atoms with Gasteiger partial charge >= 0.3 is 11.9 Å². The predicted octanol–water partition coefficient (Wildman–Crippen LogP) is 2.30. The van der Waals surface area contributed by atoms with Crippen LogP contribution in [0.5, 0.6) is 0 Å². The molecule has 0 radical (unpaired) electrons. The van der Waals surface area contributed by atoms with Crippen LogP contribution in [0.2, 0.25) is 0 Å². The first-order valence-corrected chi connectivity index (χ1v) is 9.30. The SMILES string of the molecule is C=C1C(=O)O[C@@H]2/C=C(/C)C(O)C[C@H]3O[C@]3(C)CC(OC(=O)C(C)CC)[C@@H]12. The Balaban J connectivity index is 1.95. The van der Waals surface area contributed by atoms with Gasteiger partial charge in [0.1, 0.15) is 12.2 Å². The molecule has 0 bridgehead atoms. The van der Waals surface area contributed by atoms with Crippen molar-refractivity contribution in [2.24, 2.45) is 11.8 Å². The highest BCUT2D eigenvalue weighted by Crippen LogP contribution is 2.48. The summed E-state index contributed by atoms with van der Waals surface area (Å²) in [5.41, 5.74) is 0.529. The van der Waals surface area contributed by atoms with Crippen molar-refractivity contribution in [3.63, 3.8) is 0 Å². The van der Waals surface area contributed by atoms with Gasteiger partial charge in [-0.15, -0.1) is 0 Å². The Morgan fingerprint density at radius 3 is 2.88 bits per heavy atom. The Hall–Kier alpha value is -1.66. The van der Waals surface area contributed by atoms with Gasteiger partial charge in [-0.1, -0.05) is 20.4 Å². The molecule has 1 N–H and O–H groups in total. The number of carbonyl (C=O) groups is 2. The largest absolute Gasteiger partial charge is 0.461 e. The van der Waals surface area contributed by atoms with E-state index in [9.17, 15) is 14.7 Å². The molecule has 6 heteroatoms. The second-order valence-corrected chi connectivity index (χ2v) is 7.99. The van der Waals surface area contributed by atoms with E-state index in [2.05, 4.69) is 6.58 Å². The van der Waals surface area contributed by atoms with Crippen molar-refractivity contribution < 1.29 is 28.9 Å². The Morgan fingerprint density at radius 1 is 1.54 bits per heavy atom. The molecule has 26 heavy (non-hydrogen) atoms. The van der Waals surface area contributed by atoms with E-state index in [1.54, 1.807) is 13.0 Å². The normalized spacial score (nSPS) is 42.7. The van der Waals surface area contributed by atoms with Crippen LogP contribution in [-0.4, -0.2) is 47.1 Å². The molecular formula is C20H28O6. The number of aliphatic hydroxyl groups is 1. The number of esters is 2. The number of rotatable bonds is 3. The maximum absolute atomic E-state index is 12.4. The predicted molar refractivity (Wildman–Crippen MR) is 94.1 cm³/mol. The molecule has 0 aromatic carbocycles. The van der Waals surface area contributed by atoms with E-state index in [0.29, 0.717) is 30.4 Å². The monoisotopic (exact) mass is 364 g/mol. The molecule has 3 aliphatic rings. The van der Waals surface area contributed by atoms with Gasteiger partial charge in [-0.25, -0.2) is 4.79 Å². The summed E-state index contributed by atoms with van der Waals surface area (Å²) in [6.45, 7) is 11.4. The first-order valence-electron chi connectivity index (χ1n) is 9.30. The molecule has 0 saturated carbocycles. The zero-order valence-electron chi connectivity index (χ0n) is 15.9. The van der Waals surface area contributed by atoms with Crippen LogP contribution < -0.4 is 0 Å². The summed E-state index contributed by atoms with van der Waals surface area (Å²) in [5, 5.41) is 10.4. The van der Waals surface area contributed by atoms with Gasteiger partial charge in [0.2, 0.25) is 0 Å².